The van der Waals surface area contributed by atoms with Gasteiger partial charge in [-0.2, -0.15) is 0 Å². The minimum absolute atomic E-state index is 0.0390. The van der Waals surface area contributed by atoms with E-state index in [0.717, 1.165) is 12.2 Å². The average Bonchev–Trinajstić information content (AvgIpc) is 2.68. The Hall–Kier alpha value is -1.33. The van der Waals surface area contributed by atoms with Crippen LogP contribution < -0.4 is 0 Å². The summed E-state index contributed by atoms with van der Waals surface area (Å²) in [5.74, 6) is 1.01. The summed E-state index contributed by atoms with van der Waals surface area (Å²) < 4.78 is 18.7. The normalized spacial score (nSPS) is 25.9. The highest BCUT2D eigenvalue weighted by Gasteiger charge is 2.37. The summed E-state index contributed by atoms with van der Waals surface area (Å²) in [7, 11) is 0. The third kappa shape index (κ3) is 5.58. The van der Waals surface area contributed by atoms with Crippen molar-refractivity contribution >= 4 is 11.8 Å². The largest absolute Gasteiger partial charge is 0.371 e. The van der Waals surface area contributed by atoms with E-state index in [1.54, 1.807) is 0 Å². The molecule has 1 fully saturated rings. The molecule has 1 heterocycles. The molecule has 2 aromatic carbocycles. The van der Waals surface area contributed by atoms with Gasteiger partial charge in [0, 0.05) is 6.42 Å². The van der Waals surface area contributed by atoms with E-state index in [-0.39, 0.29) is 23.7 Å². The monoisotopic (exact) mass is 372 g/mol. The third-order valence-electron chi connectivity index (χ3n) is 4.59. The van der Waals surface area contributed by atoms with Gasteiger partial charge in [-0.15, -0.1) is 11.8 Å². The zero-order valence-corrected chi connectivity index (χ0v) is 16.4. The van der Waals surface area contributed by atoms with E-state index >= 15 is 0 Å². The Labute approximate surface area is 161 Å². The lowest BCUT2D eigenvalue weighted by molar-refractivity contribution is -0.171. The maximum Gasteiger partial charge on any atom is 0.129 e. The summed E-state index contributed by atoms with van der Waals surface area (Å²) in [6.07, 6.45) is 1.01. The summed E-state index contributed by atoms with van der Waals surface area (Å²) in [5.41, 5.74) is 2.44. The fraction of sp³-hybridized carbons (Fsp3) is 0.455. The molecule has 1 aliphatic rings. The number of hydrogen-bond acceptors (Lipinski definition) is 4. The van der Waals surface area contributed by atoms with Gasteiger partial charge < -0.3 is 14.2 Å². The second kappa shape index (κ2) is 10.1. The topological polar surface area (TPSA) is 27.7 Å². The Morgan fingerprint density at radius 2 is 1.42 bits per heavy atom. The number of rotatable bonds is 8. The fourth-order valence-electron chi connectivity index (χ4n) is 3.13. The molecule has 0 aromatic heterocycles. The molecular weight excluding hydrogens is 344 g/mol. The Morgan fingerprint density at radius 3 is 1.96 bits per heavy atom. The van der Waals surface area contributed by atoms with Gasteiger partial charge in [0.15, 0.2) is 0 Å². The first kappa shape index (κ1) is 19.4. The average molecular weight is 373 g/mol. The van der Waals surface area contributed by atoms with Crippen LogP contribution in [0.3, 0.4) is 0 Å². The van der Waals surface area contributed by atoms with Gasteiger partial charge in [0.25, 0.3) is 0 Å². The van der Waals surface area contributed by atoms with Crippen LogP contribution in [0.2, 0.25) is 0 Å². The number of hydrogen-bond donors (Lipinski definition) is 0. The van der Waals surface area contributed by atoms with E-state index in [1.165, 1.54) is 11.1 Å². The smallest absolute Gasteiger partial charge is 0.129 e. The molecule has 0 saturated carbocycles. The highest BCUT2D eigenvalue weighted by molar-refractivity contribution is 7.99. The summed E-state index contributed by atoms with van der Waals surface area (Å²) in [6.45, 7) is 5.48. The van der Waals surface area contributed by atoms with E-state index in [0.29, 0.717) is 13.2 Å². The summed E-state index contributed by atoms with van der Waals surface area (Å²) >= 11 is 1.81. The van der Waals surface area contributed by atoms with Gasteiger partial charge in [0.1, 0.15) is 5.44 Å². The van der Waals surface area contributed by atoms with E-state index < -0.39 is 0 Å². The molecule has 0 radical (unpaired) electrons. The Morgan fingerprint density at radius 1 is 0.885 bits per heavy atom. The van der Waals surface area contributed by atoms with Crippen LogP contribution in [0.25, 0.3) is 0 Å². The van der Waals surface area contributed by atoms with Crippen molar-refractivity contribution in [1.29, 1.82) is 0 Å². The van der Waals surface area contributed by atoms with Crippen molar-refractivity contribution in [3.05, 3.63) is 71.8 Å². The molecule has 0 bridgehead atoms. The first-order valence-corrected chi connectivity index (χ1v) is 10.4. The van der Waals surface area contributed by atoms with Crippen LogP contribution in [0.4, 0.5) is 0 Å². The minimum atomic E-state index is 0.0390. The van der Waals surface area contributed by atoms with E-state index in [2.05, 4.69) is 38.1 Å². The highest BCUT2D eigenvalue weighted by Crippen LogP contribution is 2.32. The lowest BCUT2D eigenvalue weighted by atomic mass is 10.0. The fourth-order valence-corrected chi connectivity index (χ4v) is 4.12. The van der Waals surface area contributed by atoms with Crippen molar-refractivity contribution in [2.75, 3.05) is 5.75 Å². The molecule has 4 heteroatoms. The number of benzene rings is 2. The van der Waals surface area contributed by atoms with Crippen molar-refractivity contribution in [2.24, 2.45) is 0 Å². The maximum absolute atomic E-state index is 6.24. The summed E-state index contributed by atoms with van der Waals surface area (Å²) in [6, 6.07) is 20.6. The molecule has 1 aliphatic heterocycles. The second-order valence-corrected chi connectivity index (χ2v) is 7.95. The molecule has 4 atom stereocenters. The quantitative estimate of drug-likeness (QED) is 0.648. The van der Waals surface area contributed by atoms with Crippen molar-refractivity contribution in [3.63, 3.8) is 0 Å². The van der Waals surface area contributed by atoms with Crippen LogP contribution in [0.15, 0.2) is 60.7 Å². The van der Waals surface area contributed by atoms with E-state index in [4.69, 9.17) is 14.2 Å². The van der Waals surface area contributed by atoms with Crippen LogP contribution in [0.5, 0.6) is 0 Å². The van der Waals surface area contributed by atoms with Crippen LogP contribution in [-0.2, 0) is 27.4 Å². The van der Waals surface area contributed by atoms with Gasteiger partial charge in [0.05, 0.1) is 31.5 Å². The van der Waals surface area contributed by atoms with Crippen molar-refractivity contribution in [3.8, 4) is 0 Å². The Balaban J connectivity index is 1.58. The van der Waals surface area contributed by atoms with Crippen LogP contribution >= 0.6 is 11.8 Å². The highest BCUT2D eigenvalue weighted by atomic mass is 32.2. The molecule has 0 aliphatic carbocycles. The van der Waals surface area contributed by atoms with Crippen LogP contribution in [0, 0.1) is 0 Å². The number of thioether (sulfide) groups is 1. The summed E-state index contributed by atoms with van der Waals surface area (Å²) in [5, 5.41) is 0. The molecule has 3 nitrogen and oxygen atoms in total. The zero-order valence-electron chi connectivity index (χ0n) is 15.5. The van der Waals surface area contributed by atoms with Crippen molar-refractivity contribution in [1.82, 2.24) is 0 Å². The Kier molecular flexibility index (Phi) is 7.56. The maximum atomic E-state index is 6.24. The predicted molar refractivity (Wildman–Crippen MR) is 107 cm³/mol. The van der Waals surface area contributed by atoms with Gasteiger partial charge in [-0.1, -0.05) is 67.6 Å². The predicted octanol–water partition coefficient (Wildman–Crippen LogP) is 5.05. The van der Waals surface area contributed by atoms with Crippen molar-refractivity contribution < 1.29 is 14.2 Å². The molecule has 26 heavy (non-hydrogen) atoms. The molecule has 0 unspecified atom stereocenters. The zero-order chi connectivity index (χ0) is 18.2. The van der Waals surface area contributed by atoms with Gasteiger partial charge in [0.2, 0.25) is 0 Å². The second-order valence-electron chi connectivity index (χ2n) is 6.57. The van der Waals surface area contributed by atoms with Gasteiger partial charge in [-0.3, -0.25) is 0 Å². The molecule has 0 N–H and O–H groups in total. The molecular formula is C22H28O3S. The molecule has 2 aromatic rings. The van der Waals surface area contributed by atoms with Gasteiger partial charge in [-0.05, 0) is 23.8 Å². The number of ether oxygens (including phenoxy) is 3. The first-order valence-electron chi connectivity index (χ1n) is 9.34. The Bertz CT molecular complexity index is 634. The SMILES string of the molecule is CCS[C@H]1O[C@H](C)[C@H](OCc2ccccc2)C[C@H]1OCc1ccccc1. The third-order valence-corrected chi connectivity index (χ3v) is 5.66. The van der Waals surface area contributed by atoms with Crippen LogP contribution in [-0.4, -0.2) is 29.5 Å². The van der Waals surface area contributed by atoms with E-state index in [1.807, 2.05) is 48.2 Å². The standard InChI is InChI=1S/C22H28O3S/c1-3-26-22-21(24-16-19-12-8-5-9-13-19)14-20(17(2)25-22)23-15-18-10-6-4-7-11-18/h4-13,17,20-22H,3,14-16H2,1-2H3/t17-,20-,21-,22-/m1/s1. The van der Waals surface area contributed by atoms with E-state index in [9.17, 15) is 0 Å². The lowest BCUT2D eigenvalue weighted by Crippen LogP contribution is -2.46. The molecule has 0 spiro atoms. The minimum Gasteiger partial charge on any atom is -0.371 e. The lowest BCUT2D eigenvalue weighted by Gasteiger charge is -2.39. The molecule has 0 amide bonds. The van der Waals surface area contributed by atoms with Crippen molar-refractivity contribution in [2.45, 2.75) is 57.2 Å². The van der Waals surface area contributed by atoms with Gasteiger partial charge >= 0.3 is 0 Å². The molecule has 140 valence electrons. The molecule has 3 rings (SSSR count). The van der Waals surface area contributed by atoms with Gasteiger partial charge in [-0.25, -0.2) is 0 Å². The molecule has 1 saturated heterocycles. The summed E-state index contributed by atoms with van der Waals surface area (Å²) in [4.78, 5) is 0. The van der Waals surface area contributed by atoms with Crippen LogP contribution in [0.1, 0.15) is 31.4 Å². The first-order chi connectivity index (χ1) is 12.8.